The molecule has 0 aliphatic heterocycles. The second-order valence-corrected chi connectivity index (χ2v) is 11.8. The van der Waals surface area contributed by atoms with E-state index in [1.807, 2.05) is 0 Å². The topological polar surface area (TPSA) is 21.3 Å². The summed E-state index contributed by atoms with van der Waals surface area (Å²) >= 11 is 0. The van der Waals surface area contributed by atoms with E-state index in [1.165, 1.54) is 11.1 Å². The van der Waals surface area contributed by atoms with Crippen molar-refractivity contribution in [3.63, 3.8) is 0 Å². The minimum atomic E-state index is 0.850. The Balaban J connectivity index is 1.32. The monoisotopic (exact) mass is 602 g/mol. The molecule has 0 N–H and O–H groups in total. The zero-order valence-corrected chi connectivity index (χ0v) is 25.6. The summed E-state index contributed by atoms with van der Waals surface area (Å²) in [6.45, 7) is 0. The zero-order chi connectivity index (χ0) is 31.2. The first-order valence-corrected chi connectivity index (χ1v) is 16.0. The SMILES string of the molecule is c1ccc(-c2ccc(N(c3ccccc3-c3ccccc3)c3cccc4c3oc3c5ccccc5n(-c5ccccc5)c43)cc2)cc1. The molecule has 0 spiro atoms. The average Bonchev–Trinajstić information content (AvgIpc) is 3.69. The van der Waals surface area contributed by atoms with Gasteiger partial charge in [0.2, 0.25) is 0 Å². The predicted molar refractivity (Wildman–Crippen MR) is 196 cm³/mol. The summed E-state index contributed by atoms with van der Waals surface area (Å²) in [7, 11) is 0. The van der Waals surface area contributed by atoms with Crippen molar-refractivity contribution in [1.82, 2.24) is 4.57 Å². The molecule has 47 heavy (non-hydrogen) atoms. The molecule has 3 nitrogen and oxygen atoms in total. The van der Waals surface area contributed by atoms with Crippen LogP contribution in [0.1, 0.15) is 0 Å². The number of para-hydroxylation sites is 4. The molecule has 0 unspecified atom stereocenters. The van der Waals surface area contributed by atoms with Crippen LogP contribution < -0.4 is 4.90 Å². The molecule has 0 saturated heterocycles. The number of nitrogens with zero attached hydrogens (tertiary/aromatic N) is 2. The van der Waals surface area contributed by atoms with Gasteiger partial charge in [-0.05, 0) is 71.3 Å². The van der Waals surface area contributed by atoms with Gasteiger partial charge in [0, 0.05) is 27.7 Å². The normalized spacial score (nSPS) is 11.4. The summed E-state index contributed by atoms with van der Waals surface area (Å²) in [5.41, 5.74) is 12.8. The molecule has 0 fully saturated rings. The average molecular weight is 603 g/mol. The van der Waals surface area contributed by atoms with Crippen molar-refractivity contribution in [3.05, 3.63) is 182 Å². The Kier molecular flexibility index (Phi) is 6.46. The summed E-state index contributed by atoms with van der Waals surface area (Å²) in [6.07, 6.45) is 0. The molecule has 222 valence electrons. The van der Waals surface area contributed by atoms with E-state index in [0.717, 1.165) is 66.8 Å². The summed E-state index contributed by atoms with van der Waals surface area (Å²) in [4.78, 5) is 2.34. The van der Waals surface area contributed by atoms with Crippen molar-refractivity contribution >= 4 is 50.0 Å². The summed E-state index contributed by atoms with van der Waals surface area (Å²) in [5, 5.41) is 2.16. The maximum atomic E-state index is 7.00. The number of aromatic nitrogens is 1. The number of fused-ring (bicyclic) bond motifs is 5. The van der Waals surface area contributed by atoms with E-state index in [-0.39, 0.29) is 0 Å². The van der Waals surface area contributed by atoms with Gasteiger partial charge in [0.15, 0.2) is 11.2 Å². The van der Waals surface area contributed by atoms with Crippen LogP contribution in [0, 0.1) is 0 Å². The van der Waals surface area contributed by atoms with E-state index in [4.69, 9.17) is 4.42 Å². The Labute approximate surface area is 273 Å². The highest BCUT2D eigenvalue weighted by atomic mass is 16.3. The van der Waals surface area contributed by atoms with E-state index in [9.17, 15) is 0 Å². The van der Waals surface area contributed by atoms with Crippen LogP contribution in [0.3, 0.4) is 0 Å². The Hall–Kier alpha value is -6.32. The second-order valence-electron chi connectivity index (χ2n) is 11.8. The molecular weight excluding hydrogens is 572 g/mol. The maximum absolute atomic E-state index is 7.00. The first-order chi connectivity index (χ1) is 23.3. The molecule has 0 aliphatic carbocycles. The highest BCUT2D eigenvalue weighted by Gasteiger charge is 2.25. The lowest BCUT2D eigenvalue weighted by Gasteiger charge is -2.28. The highest BCUT2D eigenvalue weighted by molar-refractivity contribution is 6.19. The largest absolute Gasteiger partial charge is 0.451 e. The van der Waals surface area contributed by atoms with Gasteiger partial charge in [0.25, 0.3) is 0 Å². The minimum Gasteiger partial charge on any atom is -0.451 e. The van der Waals surface area contributed by atoms with Crippen LogP contribution in [-0.4, -0.2) is 4.57 Å². The van der Waals surface area contributed by atoms with E-state index < -0.39 is 0 Å². The fourth-order valence-corrected chi connectivity index (χ4v) is 6.87. The van der Waals surface area contributed by atoms with Gasteiger partial charge in [-0.3, -0.25) is 0 Å². The van der Waals surface area contributed by atoms with E-state index in [1.54, 1.807) is 0 Å². The van der Waals surface area contributed by atoms with Crippen molar-refractivity contribution < 1.29 is 4.42 Å². The second kappa shape index (κ2) is 11.2. The van der Waals surface area contributed by atoms with E-state index >= 15 is 0 Å². The third kappa shape index (κ3) is 4.52. The molecule has 2 heterocycles. The van der Waals surface area contributed by atoms with E-state index in [0.29, 0.717) is 0 Å². The lowest BCUT2D eigenvalue weighted by molar-refractivity contribution is 0.673. The van der Waals surface area contributed by atoms with Crippen molar-refractivity contribution in [3.8, 4) is 27.9 Å². The standard InChI is InChI=1S/C44H30N2O/c1-4-15-31(16-5-1)32-27-29-35(30-28-32)45(39-24-12-10-21-36(39)33-17-6-2-7-18-33)41-26-14-23-38-42-44(47-43(38)41)37-22-11-13-25-40(37)46(42)34-19-8-3-9-20-34/h1-30H. The molecule has 0 aliphatic rings. The molecule has 7 aromatic carbocycles. The lowest BCUT2D eigenvalue weighted by Crippen LogP contribution is -2.11. The zero-order valence-electron chi connectivity index (χ0n) is 25.6. The van der Waals surface area contributed by atoms with Crippen molar-refractivity contribution in [1.29, 1.82) is 0 Å². The summed E-state index contributed by atoms with van der Waals surface area (Å²) in [6, 6.07) is 64.2. The quantitative estimate of drug-likeness (QED) is 0.189. The smallest absolute Gasteiger partial charge is 0.161 e. The van der Waals surface area contributed by atoms with Gasteiger partial charge in [0.1, 0.15) is 5.52 Å². The van der Waals surface area contributed by atoms with Crippen LogP contribution in [0.5, 0.6) is 0 Å². The molecule has 0 atom stereocenters. The lowest BCUT2D eigenvalue weighted by atomic mass is 10.0. The molecule has 0 amide bonds. The van der Waals surface area contributed by atoms with Gasteiger partial charge in [-0.15, -0.1) is 0 Å². The van der Waals surface area contributed by atoms with Gasteiger partial charge in [-0.2, -0.15) is 0 Å². The van der Waals surface area contributed by atoms with Gasteiger partial charge in [-0.25, -0.2) is 0 Å². The van der Waals surface area contributed by atoms with Crippen molar-refractivity contribution in [2.75, 3.05) is 4.90 Å². The number of hydrogen-bond acceptors (Lipinski definition) is 2. The molecule has 0 bridgehead atoms. The molecule has 9 aromatic rings. The first kappa shape index (κ1) is 27.0. The Morgan fingerprint density at radius 3 is 1.74 bits per heavy atom. The number of furan rings is 1. The first-order valence-electron chi connectivity index (χ1n) is 16.0. The van der Waals surface area contributed by atoms with Gasteiger partial charge in [0.05, 0.1) is 16.9 Å². The number of hydrogen-bond donors (Lipinski definition) is 0. The number of anilines is 3. The van der Waals surface area contributed by atoms with Gasteiger partial charge >= 0.3 is 0 Å². The van der Waals surface area contributed by atoms with Gasteiger partial charge < -0.3 is 13.9 Å². The fourth-order valence-electron chi connectivity index (χ4n) is 6.87. The Morgan fingerprint density at radius 1 is 0.404 bits per heavy atom. The van der Waals surface area contributed by atoms with Crippen LogP contribution in [0.15, 0.2) is 186 Å². The summed E-state index contributed by atoms with van der Waals surface area (Å²) in [5.74, 6) is 0. The predicted octanol–water partition coefficient (Wildman–Crippen LogP) is 12.3. The van der Waals surface area contributed by atoms with Crippen LogP contribution >= 0.6 is 0 Å². The van der Waals surface area contributed by atoms with Crippen LogP contribution in [0.4, 0.5) is 17.1 Å². The maximum Gasteiger partial charge on any atom is 0.161 e. The third-order valence-electron chi connectivity index (χ3n) is 9.00. The minimum absolute atomic E-state index is 0.850. The molecular formula is C44H30N2O. The summed E-state index contributed by atoms with van der Waals surface area (Å²) < 4.78 is 9.33. The third-order valence-corrected chi connectivity index (χ3v) is 9.00. The fraction of sp³-hybridized carbons (Fsp3) is 0. The van der Waals surface area contributed by atoms with Crippen molar-refractivity contribution in [2.45, 2.75) is 0 Å². The Bertz CT molecular complexity index is 2490. The van der Waals surface area contributed by atoms with Crippen LogP contribution in [-0.2, 0) is 0 Å². The van der Waals surface area contributed by atoms with Crippen molar-refractivity contribution in [2.24, 2.45) is 0 Å². The molecule has 0 radical (unpaired) electrons. The molecule has 3 heteroatoms. The molecule has 9 rings (SSSR count). The van der Waals surface area contributed by atoms with Crippen LogP contribution in [0.25, 0.3) is 60.9 Å². The molecule has 0 saturated carbocycles. The van der Waals surface area contributed by atoms with E-state index in [2.05, 4.69) is 191 Å². The number of benzene rings is 7. The number of rotatable bonds is 6. The molecule has 2 aromatic heterocycles. The Morgan fingerprint density at radius 2 is 0.979 bits per heavy atom. The van der Waals surface area contributed by atoms with Gasteiger partial charge in [-0.1, -0.05) is 127 Å². The highest BCUT2D eigenvalue weighted by Crippen LogP contribution is 2.47. The van der Waals surface area contributed by atoms with Crippen LogP contribution in [0.2, 0.25) is 0 Å².